The second-order valence-corrected chi connectivity index (χ2v) is 2.74. The Labute approximate surface area is 77.3 Å². The van der Waals surface area contributed by atoms with Crippen LogP contribution in [0.3, 0.4) is 0 Å². The molecule has 0 aromatic heterocycles. The van der Waals surface area contributed by atoms with E-state index in [-0.39, 0.29) is 6.29 Å². The fourth-order valence-corrected chi connectivity index (χ4v) is 1.08. The largest absolute Gasteiger partial charge is 0.448 e. The Bertz CT molecular complexity index is 156. The lowest BCUT2D eigenvalue weighted by Gasteiger charge is -2.21. The van der Waals surface area contributed by atoms with Crippen LogP contribution in [-0.4, -0.2) is 25.6 Å². The van der Waals surface area contributed by atoms with Crippen LogP contribution in [0.1, 0.15) is 26.2 Å². The summed E-state index contributed by atoms with van der Waals surface area (Å²) in [5, 5.41) is 0. The molecule has 0 bridgehead atoms. The predicted molar refractivity (Wildman–Crippen MR) is 44.8 cm³/mol. The van der Waals surface area contributed by atoms with Crippen molar-refractivity contribution in [2.24, 2.45) is 0 Å². The third-order valence-electron chi connectivity index (χ3n) is 1.69. The van der Waals surface area contributed by atoms with E-state index in [1.165, 1.54) is 0 Å². The minimum Gasteiger partial charge on any atom is -0.448 e. The van der Waals surface area contributed by atoms with Crippen LogP contribution in [-0.2, 0) is 14.3 Å². The highest BCUT2D eigenvalue weighted by atomic mass is 16.8. The van der Waals surface area contributed by atoms with E-state index in [1.807, 2.05) is 0 Å². The molecule has 0 unspecified atom stereocenters. The fraction of sp³-hybridized carbons (Fsp3) is 0.875. The molecule has 0 aliphatic carbocycles. The Morgan fingerprint density at radius 1 is 1.62 bits per heavy atom. The molecule has 1 fully saturated rings. The molecular formula is C8H15NO4. The first-order valence-corrected chi connectivity index (χ1v) is 4.53. The summed E-state index contributed by atoms with van der Waals surface area (Å²) in [5.41, 5.74) is 2.17. The van der Waals surface area contributed by atoms with Crippen LogP contribution in [0.15, 0.2) is 0 Å². The molecule has 0 saturated carbocycles. The number of ether oxygens (including phenoxy) is 2. The van der Waals surface area contributed by atoms with Crippen molar-refractivity contribution in [1.82, 2.24) is 5.48 Å². The smallest absolute Gasteiger partial charge is 0.431 e. The van der Waals surface area contributed by atoms with Gasteiger partial charge in [0.25, 0.3) is 0 Å². The first kappa shape index (κ1) is 10.3. The second-order valence-electron chi connectivity index (χ2n) is 2.74. The number of carbonyl (C=O) groups excluding carboxylic acids is 1. The zero-order chi connectivity index (χ0) is 9.52. The molecule has 5 nitrogen and oxygen atoms in total. The van der Waals surface area contributed by atoms with Gasteiger partial charge in [-0.2, -0.15) is 5.48 Å². The van der Waals surface area contributed by atoms with E-state index < -0.39 is 6.09 Å². The van der Waals surface area contributed by atoms with Gasteiger partial charge in [0.05, 0.1) is 6.61 Å². The third-order valence-corrected chi connectivity index (χ3v) is 1.69. The summed E-state index contributed by atoms with van der Waals surface area (Å²) in [4.78, 5) is 15.7. The molecule has 0 radical (unpaired) electrons. The van der Waals surface area contributed by atoms with E-state index in [0.717, 1.165) is 19.3 Å². The van der Waals surface area contributed by atoms with Crippen molar-refractivity contribution in [2.45, 2.75) is 32.5 Å². The monoisotopic (exact) mass is 189 g/mol. The topological polar surface area (TPSA) is 56.8 Å². The quantitative estimate of drug-likeness (QED) is 0.677. The van der Waals surface area contributed by atoms with Crippen molar-refractivity contribution in [3.05, 3.63) is 0 Å². The van der Waals surface area contributed by atoms with E-state index >= 15 is 0 Å². The van der Waals surface area contributed by atoms with Gasteiger partial charge in [-0.05, 0) is 19.8 Å². The van der Waals surface area contributed by atoms with E-state index in [1.54, 1.807) is 6.92 Å². The molecule has 1 atom stereocenters. The molecule has 1 aliphatic rings. The standard InChI is InChI=1S/C8H15NO4/c1-2-11-8(10)9-13-7-5-3-4-6-12-7/h7H,2-6H2,1H3,(H,9,10)/t7-/m1/s1. The van der Waals surface area contributed by atoms with Gasteiger partial charge >= 0.3 is 6.09 Å². The normalized spacial score (nSPS) is 22.4. The first-order valence-electron chi connectivity index (χ1n) is 4.53. The maximum absolute atomic E-state index is 10.8. The Balaban J connectivity index is 2.06. The summed E-state index contributed by atoms with van der Waals surface area (Å²) >= 11 is 0. The van der Waals surface area contributed by atoms with Gasteiger partial charge in [-0.15, -0.1) is 0 Å². The van der Waals surface area contributed by atoms with Crippen LogP contribution in [0.5, 0.6) is 0 Å². The van der Waals surface area contributed by atoms with Crippen LogP contribution < -0.4 is 5.48 Å². The highest BCUT2D eigenvalue weighted by Gasteiger charge is 2.15. The molecule has 1 amide bonds. The molecule has 13 heavy (non-hydrogen) atoms. The maximum Gasteiger partial charge on any atom is 0.431 e. The van der Waals surface area contributed by atoms with Crippen molar-refractivity contribution in [1.29, 1.82) is 0 Å². The van der Waals surface area contributed by atoms with E-state index in [2.05, 4.69) is 10.2 Å². The Morgan fingerprint density at radius 3 is 3.08 bits per heavy atom. The predicted octanol–water partition coefficient (Wildman–Crippen LogP) is 1.19. The minimum atomic E-state index is -0.573. The highest BCUT2D eigenvalue weighted by molar-refractivity contribution is 5.65. The van der Waals surface area contributed by atoms with Crippen LogP contribution in [0, 0.1) is 0 Å². The summed E-state index contributed by atoms with van der Waals surface area (Å²) in [6.07, 6.45) is 2.04. The second kappa shape index (κ2) is 5.77. The Kier molecular flexibility index (Phi) is 4.56. The number of hydroxylamine groups is 1. The molecule has 0 spiro atoms. The summed E-state index contributed by atoms with van der Waals surface area (Å²) in [6, 6.07) is 0. The third kappa shape index (κ3) is 4.10. The number of nitrogens with one attached hydrogen (secondary N) is 1. The summed E-state index contributed by atoms with van der Waals surface area (Å²) in [6.45, 7) is 2.76. The average molecular weight is 189 g/mol. The van der Waals surface area contributed by atoms with Gasteiger partial charge in [-0.25, -0.2) is 9.63 Å². The highest BCUT2D eigenvalue weighted by Crippen LogP contribution is 2.12. The minimum absolute atomic E-state index is 0.321. The molecule has 1 rings (SSSR count). The number of carbonyl (C=O) groups is 1. The molecule has 1 heterocycles. The summed E-state index contributed by atoms with van der Waals surface area (Å²) < 4.78 is 9.82. The molecule has 1 N–H and O–H groups in total. The van der Waals surface area contributed by atoms with Crippen molar-refractivity contribution in [3.63, 3.8) is 0 Å². The van der Waals surface area contributed by atoms with Gasteiger partial charge < -0.3 is 9.47 Å². The first-order chi connectivity index (χ1) is 6.33. The number of rotatable bonds is 3. The summed E-state index contributed by atoms with van der Waals surface area (Å²) in [5.74, 6) is 0. The molecule has 76 valence electrons. The number of hydrogen-bond donors (Lipinski definition) is 1. The molecule has 1 aliphatic heterocycles. The zero-order valence-electron chi connectivity index (χ0n) is 7.75. The Hall–Kier alpha value is -0.810. The van der Waals surface area contributed by atoms with Gasteiger partial charge in [0, 0.05) is 13.0 Å². The average Bonchev–Trinajstić information content (AvgIpc) is 2.17. The van der Waals surface area contributed by atoms with Gasteiger partial charge in [0.2, 0.25) is 0 Å². The number of hydrogen-bond acceptors (Lipinski definition) is 4. The van der Waals surface area contributed by atoms with Crippen molar-refractivity contribution in [3.8, 4) is 0 Å². The van der Waals surface area contributed by atoms with Crippen LogP contribution in [0.4, 0.5) is 4.79 Å². The molecular weight excluding hydrogens is 174 g/mol. The zero-order valence-corrected chi connectivity index (χ0v) is 7.75. The van der Waals surface area contributed by atoms with E-state index in [4.69, 9.17) is 9.57 Å². The fourth-order valence-electron chi connectivity index (χ4n) is 1.08. The molecule has 0 aromatic rings. The molecule has 0 aromatic carbocycles. The van der Waals surface area contributed by atoms with Crippen LogP contribution in [0.2, 0.25) is 0 Å². The van der Waals surface area contributed by atoms with Gasteiger partial charge in [-0.3, -0.25) is 0 Å². The van der Waals surface area contributed by atoms with Gasteiger partial charge in [-0.1, -0.05) is 0 Å². The molecule has 5 heteroatoms. The Morgan fingerprint density at radius 2 is 2.46 bits per heavy atom. The van der Waals surface area contributed by atoms with Gasteiger partial charge in [0.1, 0.15) is 0 Å². The SMILES string of the molecule is CCOC(=O)NO[C@@H]1CCCCO1. The lowest BCUT2D eigenvalue weighted by molar-refractivity contribution is -0.189. The van der Waals surface area contributed by atoms with Crippen LogP contribution >= 0.6 is 0 Å². The number of amides is 1. The van der Waals surface area contributed by atoms with Crippen molar-refractivity contribution >= 4 is 6.09 Å². The molecule has 1 saturated heterocycles. The maximum atomic E-state index is 10.8. The summed E-state index contributed by atoms with van der Waals surface area (Å²) in [7, 11) is 0. The van der Waals surface area contributed by atoms with Gasteiger partial charge in [0.15, 0.2) is 6.29 Å². The van der Waals surface area contributed by atoms with Crippen molar-refractivity contribution in [2.75, 3.05) is 13.2 Å². The van der Waals surface area contributed by atoms with Crippen LogP contribution in [0.25, 0.3) is 0 Å². The lowest BCUT2D eigenvalue weighted by atomic mass is 10.2. The van der Waals surface area contributed by atoms with E-state index in [0.29, 0.717) is 13.2 Å². The lowest BCUT2D eigenvalue weighted by Crippen LogP contribution is -2.33. The van der Waals surface area contributed by atoms with Crippen molar-refractivity contribution < 1.29 is 19.1 Å². The van der Waals surface area contributed by atoms with E-state index in [9.17, 15) is 4.79 Å².